The summed E-state index contributed by atoms with van der Waals surface area (Å²) >= 11 is 0. The maximum absolute atomic E-state index is 14.7. The quantitative estimate of drug-likeness (QED) is 0.136. The van der Waals surface area contributed by atoms with Crippen molar-refractivity contribution < 1.29 is 63.7 Å². The van der Waals surface area contributed by atoms with Crippen molar-refractivity contribution in [3.05, 3.63) is 82.9 Å². The molecule has 0 aromatic heterocycles. The van der Waals surface area contributed by atoms with E-state index in [4.69, 9.17) is 18.9 Å². The maximum atomic E-state index is 14.7. The molecule has 3 aliphatic carbocycles. The SMILES string of the molecule is CC1=C2[C@@H](O)C(=O)[C@@]3(C)[C@H]([C@H](OC(=O)c4ccccc4)[C@](O)(CC1OC(=O)[C@H](O)[C@@H](NC(=O)OC(C)(C)C)c1ccccc1)C2(C)C)[C@]1(O)CO[C@@H]1C[C@@H]3O. The molecule has 1 amide bonds. The summed E-state index contributed by atoms with van der Waals surface area (Å²) in [6.07, 6.45) is -11.3. The van der Waals surface area contributed by atoms with Crippen LogP contribution in [0.25, 0.3) is 0 Å². The van der Waals surface area contributed by atoms with Gasteiger partial charge < -0.3 is 49.8 Å². The van der Waals surface area contributed by atoms with Crippen LogP contribution in [0.3, 0.4) is 0 Å². The second kappa shape index (κ2) is 14.1. The predicted octanol–water partition coefficient (Wildman–Crippen LogP) is 2.69. The lowest BCUT2D eigenvalue weighted by Crippen LogP contribution is -2.81. The molecule has 14 heteroatoms. The zero-order valence-corrected chi connectivity index (χ0v) is 32.0. The van der Waals surface area contributed by atoms with Crippen LogP contribution in [0.2, 0.25) is 0 Å². The van der Waals surface area contributed by atoms with E-state index in [9.17, 15) is 44.7 Å². The summed E-state index contributed by atoms with van der Waals surface area (Å²) in [4.78, 5) is 55.5. The number of aliphatic hydroxyl groups excluding tert-OH is 3. The van der Waals surface area contributed by atoms with Crippen molar-refractivity contribution in [1.82, 2.24) is 5.32 Å². The lowest BCUT2D eigenvalue weighted by Gasteiger charge is -2.66. The van der Waals surface area contributed by atoms with Crippen LogP contribution < -0.4 is 5.32 Å². The number of benzene rings is 2. The number of amides is 1. The second-order valence-corrected chi connectivity index (χ2v) is 17.0. The summed E-state index contributed by atoms with van der Waals surface area (Å²) in [5.41, 5.74) is -8.10. The van der Waals surface area contributed by atoms with Gasteiger partial charge in [0.2, 0.25) is 0 Å². The normalized spacial score (nSPS) is 35.0. The van der Waals surface area contributed by atoms with Crippen molar-refractivity contribution in [2.75, 3.05) is 6.61 Å². The van der Waals surface area contributed by atoms with Crippen LogP contribution in [0, 0.1) is 16.7 Å². The summed E-state index contributed by atoms with van der Waals surface area (Å²) < 4.78 is 23.2. The van der Waals surface area contributed by atoms with Gasteiger partial charge in [-0.25, -0.2) is 14.4 Å². The smallest absolute Gasteiger partial charge is 0.408 e. The molecule has 0 spiro atoms. The number of ether oxygens (including phenoxy) is 4. The number of alkyl carbamates (subject to hydrolysis) is 1. The Balaban J connectivity index is 1.45. The summed E-state index contributed by atoms with van der Waals surface area (Å²) in [5, 5.41) is 63.2. The molecular weight excluding hydrogens is 714 g/mol. The highest BCUT2D eigenvalue weighted by molar-refractivity contribution is 5.94. The van der Waals surface area contributed by atoms with E-state index in [1.165, 1.54) is 26.0 Å². The fourth-order valence-electron chi connectivity index (χ4n) is 9.16. The van der Waals surface area contributed by atoms with Gasteiger partial charge in [-0.05, 0) is 63.5 Å². The Labute approximate surface area is 319 Å². The van der Waals surface area contributed by atoms with E-state index >= 15 is 0 Å². The monoisotopic (exact) mass is 765 g/mol. The third-order valence-corrected chi connectivity index (χ3v) is 12.3. The molecule has 14 nitrogen and oxygen atoms in total. The highest BCUT2D eigenvalue weighted by atomic mass is 16.6. The molecular formula is C41H51NO13. The highest BCUT2D eigenvalue weighted by Crippen LogP contribution is 2.63. The molecule has 6 rings (SSSR count). The molecule has 1 saturated heterocycles. The molecule has 11 atom stereocenters. The van der Waals surface area contributed by atoms with Crippen LogP contribution in [-0.2, 0) is 28.5 Å². The first kappa shape index (κ1) is 40.5. The van der Waals surface area contributed by atoms with Crippen LogP contribution >= 0.6 is 0 Å². The van der Waals surface area contributed by atoms with Gasteiger partial charge in [-0.15, -0.1) is 0 Å². The van der Waals surface area contributed by atoms with Crippen LogP contribution in [-0.4, -0.2) is 109 Å². The standard InChI is InChI=1S/C41H51NO13/c1-21-24(53-35(48)30(45)28(22-14-10-8-11-15-22)42-36(49)55-37(2,3)4)19-41(51)33(54-34(47)23-16-12-9-13-17-23)31-39(7,25(43)18-26-40(31,50)20-52-26)32(46)29(44)27(21)38(41,5)6/h8-17,24-26,28-31,33,43-45,50-51H,18-20H2,1-7H3,(H,42,49)/t24?,25-,26+,28-,29+,30+,31-,33-,39+,40-,41+/m0/s1. The highest BCUT2D eigenvalue weighted by Gasteiger charge is 2.76. The lowest BCUT2D eigenvalue weighted by molar-refractivity contribution is -0.343. The van der Waals surface area contributed by atoms with Crippen molar-refractivity contribution in [2.45, 2.75) is 121 Å². The lowest BCUT2D eigenvalue weighted by atomic mass is 9.44. The molecule has 2 saturated carbocycles. The van der Waals surface area contributed by atoms with Crippen molar-refractivity contribution in [3.8, 4) is 0 Å². The molecule has 1 aliphatic heterocycles. The number of rotatable bonds is 7. The van der Waals surface area contributed by atoms with Gasteiger partial charge in [-0.3, -0.25) is 4.79 Å². The first-order valence-electron chi connectivity index (χ1n) is 18.4. The van der Waals surface area contributed by atoms with Gasteiger partial charge in [0, 0.05) is 24.2 Å². The van der Waals surface area contributed by atoms with Crippen molar-refractivity contribution in [3.63, 3.8) is 0 Å². The minimum absolute atomic E-state index is 0.0448. The number of esters is 2. The summed E-state index contributed by atoms with van der Waals surface area (Å²) in [7, 11) is 0. The predicted molar refractivity (Wildman–Crippen MR) is 194 cm³/mol. The van der Waals surface area contributed by atoms with E-state index < -0.39 is 106 Å². The van der Waals surface area contributed by atoms with Crippen LogP contribution in [0.4, 0.5) is 4.79 Å². The number of aliphatic hydroxyl groups is 5. The largest absolute Gasteiger partial charge is 0.456 e. The Hall–Kier alpha value is -4.18. The Morgan fingerprint density at radius 2 is 1.55 bits per heavy atom. The van der Waals surface area contributed by atoms with Crippen LogP contribution in [0.15, 0.2) is 71.8 Å². The van der Waals surface area contributed by atoms with Crippen molar-refractivity contribution in [2.24, 2.45) is 16.7 Å². The fourth-order valence-corrected chi connectivity index (χ4v) is 9.16. The van der Waals surface area contributed by atoms with Crippen molar-refractivity contribution in [1.29, 1.82) is 0 Å². The minimum Gasteiger partial charge on any atom is -0.456 e. The topological polar surface area (TPSA) is 218 Å². The molecule has 1 unspecified atom stereocenters. The van der Waals surface area contributed by atoms with Gasteiger partial charge in [-0.2, -0.15) is 0 Å². The Morgan fingerprint density at radius 1 is 0.945 bits per heavy atom. The fraction of sp³-hybridized carbons (Fsp3) is 0.561. The maximum Gasteiger partial charge on any atom is 0.408 e. The molecule has 298 valence electrons. The van der Waals surface area contributed by atoms with E-state index in [1.54, 1.807) is 83.1 Å². The summed E-state index contributed by atoms with van der Waals surface area (Å²) in [6.45, 7) is 10.6. The Morgan fingerprint density at radius 3 is 2.11 bits per heavy atom. The van der Waals surface area contributed by atoms with Gasteiger partial charge >= 0.3 is 18.0 Å². The van der Waals surface area contributed by atoms with E-state index in [0.29, 0.717) is 5.56 Å². The van der Waals surface area contributed by atoms with E-state index in [1.807, 2.05) is 0 Å². The third-order valence-electron chi connectivity index (χ3n) is 12.3. The third kappa shape index (κ3) is 6.66. The average molecular weight is 766 g/mol. The summed E-state index contributed by atoms with van der Waals surface area (Å²) in [5.74, 6) is -4.55. The molecule has 2 bridgehead atoms. The van der Waals surface area contributed by atoms with Crippen LogP contribution in [0.5, 0.6) is 0 Å². The molecule has 3 fully saturated rings. The number of nitrogens with one attached hydrogen (secondary N) is 1. The van der Waals surface area contributed by atoms with Gasteiger partial charge in [0.1, 0.15) is 35.1 Å². The Bertz CT molecular complexity index is 1860. The van der Waals surface area contributed by atoms with Crippen molar-refractivity contribution >= 4 is 23.8 Å². The first-order chi connectivity index (χ1) is 25.6. The van der Waals surface area contributed by atoms with E-state index in [0.717, 1.165) is 0 Å². The Kier molecular flexibility index (Phi) is 10.4. The van der Waals surface area contributed by atoms with Gasteiger partial charge in [0.25, 0.3) is 0 Å². The number of Topliss-reactive ketones (excluding diaryl/α,β-unsaturated/α-hetero) is 1. The molecule has 55 heavy (non-hydrogen) atoms. The zero-order chi connectivity index (χ0) is 40.5. The van der Waals surface area contributed by atoms with Crippen LogP contribution in [0.1, 0.15) is 83.3 Å². The van der Waals surface area contributed by atoms with Gasteiger partial charge in [0.15, 0.2) is 11.9 Å². The number of hydrogen-bond acceptors (Lipinski definition) is 13. The number of hydrogen-bond donors (Lipinski definition) is 6. The molecule has 6 N–H and O–H groups in total. The zero-order valence-electron chi connectivity index (χ0n) is 32.0. The molecule has 1 heterocycles. The molecule has 4 aliphatic rings. The second-order valence-electron chi connectivity index (χ2n) is 17.0. The number of carbonyl (C=O) groups excluding carboxylic acids is 4. The molecule has 0 radical (unpaired) electrons. The molecule has 2 aromatic rings. The molecule has 2 aromatic carbocycles. The first-order valence-corrected chi connectivity index (χ1v) is 18.4. The summed E-state index contributed by atoms with van der Waals surface area (Å²) in [6, 6.07) is 14.7. The van der Waals surface area contributed by atoms with E-state index in [2.05, 4.69) is 5.32 Å². The number of carbonyl (C=O) groups is 4. The minimum atomic E-state index is -2.31. The van der Waals surface area contributed by atoms with Gasteiger partial charge in [-0.1, -0.05) is 62.4 Å². The number of ketones is 1. The number of fused-ring (bicyclic) bond motifs is 5. The van der Waals surface area contributed by atoms with E-state index in [-0.39, 0.29) is 29.7 Å². The average Bonchev–Trinajstić information content (AvgIpc) is 3.12. The van der Waals surface area contributed by atoms with Gasteiger partial charge in [0.05, 0.1) is 35.8 Å².